The van der Waals surface area contributed by atoms with Gasteiger partial charge in [-0.3, -0.25) is 9.69 Å². The summed E-state index contributed by atoms with van der Waals surface area (Å²) in [6.07, 6.45) is 3.68. The van der Waals surface area contributed by atoms with Gasteiger partial charge in [0, 0.05) is 18.7 Å². The minimum Gasteiger partial charge on any atom is -0.390 e. The lowest BCUT2D eigenvalue weighted by molar-refractivity contribution is -0.00420. The fraction of sp³-hybridized carbons (Fsp3) is 0.588. The van der Waals surface area contributed by atoms with Crippen LogP contribution in [0, 0.1) is 0 Å². The monoisotopic (exact) mass is 275 g/mol. The van der Waals surface area contributed by atoms with Crippen LogP contribution in [-0.2, 0) is 6.42 Å². The Morgan fingerprint density at radius 3 is 2.40 bits per heavy atom. The number of aryl methyl sites for hydroxylation is 1. The zero-order valence-corrected chi connectivity index (χ0v) is 12.6. The topological polar surface area (TPSA) is 40.5 Å². The summed E-state index contributed by atoms with van der Waals surface area (Å²) in [5.74, 6) is 0.176. The number of likely N-dealkylation sites (tertiary alicyclic amines) is 1. The Morgan fingerprint density at radius 1 is 1.25 bits per heavy atom. The number of hydrogen-bond donors (Lipinski definition) is 1. The van der Waals surface area contributed by atoms with Crippen molar-refractivity contribution in [3.8, 4) is 0 Å². The van der Waals surface area contributed by atoms with E-state index >= 15 is 0 Å². The Kier molecular flexibility index (Phi) is 4.95. The van der Waals surface area contributed by atoms with E-state index in [2.05, 4.69) is 24.0 Å². The van der Waals surface area contributed by atoms with E-state index in [-0.39, 0.29) is 5.78 Å². The van der Waals surface area contributed by atoms with Crippen molar-refractivity contribution in [3.05, 3.63) is 35.4 Å². The second-order valence-corrected chi connectivity index (χ2v) is 6.14. The molecular formula is C17H25NO2. The molecule has 0 aliphatic carbocycles. The number of carbonyl (C=O) groups is 1. The Labute approximate surface area is 121 Å². The van der Waals surface area contributed by atoms with Crippen molar-refractivity contribution >= 4 is 5.78 Å². The molecule has 0 aromatic heterocycles. The molecule has 110 valence electrons. The van der Waals surface area contributed by atoms with E-state index in [0.29, 0.717) is 6.54 Å². The zero-order valence-electron chi connectivity index (χ0n) is 12.6. The summed E-state index contributed by atoms with van der Waals surface area (Å²) < 4.78 is 0. The smallest absolute Gasteiger partial charge is 0.176 e. The van der Waals surface area contributed by atoms with Crippen molar-refractivity contribution in [1.29, 1.82) is 0 Å². The van der Waals surface area contributed by atoms with Crippen molar-refractivity contribution in [2.24, 2.45) is 0 Å². The van der Waals surface area contributed by atoms with Crippen LogP contribution in [-0.4, -0.2) is 41.0 Å². The maximum atomic E-state index is 12.2. The second-order valence-electron chi connectivity index (χ2n) is 6.14. The molecule has 0 atom stereocenters. The lowest BCUT2D eigenvalue weighted by Crippen LogP contribution is -2.44. The van der Waals surface area contributed by atoms with Crippen LogP contribution in [0.25, 0.3) is 0 Å². The molecule has 1 heterocycles. The number of aliphatic hydroxyl groups is 1. The molecule has 0 bridgehead atoms. The van der Waals surface area contributed by atoms with Crippen LogP contribution in [0.1, 0.15) is 49.0 Å². The van der Waals surface area contributed by atoms with Crippen LogP contribution in [0.3, 0.4) is 0 Å². The summed E-state index contributed by atoms with van der Waals surface area (Å²) in [6.45, 7) is 6.09. The first-order chi connectivity index (χ1) is 9.50. The lowest BCUT2D eigenvalue weighted by atomic mass is 9.93. The van der Waals surface area contributed by atoms with Crippen LogP contribution < -0.4 is 0 Å². The molecule has 20 heavy (non-hydrogen) atoms. The van der Waals surface area contributed by atoms with Crippen LogP contribution in [0.2, 0.25) is 0 Å². The number of carbonyl (C=O) groups excluding carboxylic acids is 1. The zero-order chi connectivity index (χ0) is 14.6. The number of benzene rings is 1. The van der Waals surface area contributed by atoms with Crippen molar-refractivity contribution in [2.75, 3.05) is 19.6 Å². The van der Waals surface area contributed by atoms with Gasteiger partial charge >= 0.3 is 0 Å². The van der Waals surface area contributed by atoms with Gasteiger partial charge in [0.2, 0.25) is 0 Å². The first-order valence-electron chi connectivity index (χ1n) is 7.57. The predicted molar refractivity (Wildman–Crippen MR) is 81.1 cm³/mol. The van der Waals surface area contributed by atoms with Gasteiger partial charge in [-0.2, -0.15) is 0 Å². The van der Waals surface area contributed by atoms with Gasteiger partial charge in [-0.15, -0.1) is 0 Å². The van der Waals surface area contributed by atoms with Gasteiger partial charge in [0.15, 0.2) is 5.78 Å². The molecule has 1 fully saturated rings. The maximum Gasteiger partial charge on any atom is 0.176 e. The Morgan fingerprint density at radius 2 is 1.85 bits per heavy atom. The third-order valence-corrected chi connectivity index (χ3v) is 4.12. The fourth-order valence-electron chi connectivity index (χ4n) is 2.63. The minimum atomic E-state index is -0.554. The molecule has 2 rings (SSSR count). The number of nitrogens with zero attached hydrogens (tertiary/aromatic N) is 1. The first kappa shape index (κ1) is 15.2. The molecule has 0 spiro atoms. The third kappa shape index (κ3) is 4.15. The van der Waals surface area contributed by atoms with Crippen molar-refractivity contribution in [3.63, 3.8) is 0 Å². The summed E-state index contributed by atoms with van der Waals surface area (Å²) in [5.41, 5.74) is 1.53. The summed E-state index contributed by atoms with van der Waals surface area (Å²) in [4.78, 5) is 14.4. The molecule has 3 heteroatoms. The van der Waals surface area contributed by atoms with Crippen LogP contribution >= 0.6 is 0 Å². The van der Waals surface area contributed by atoms with Crippen LogP contribution in [0.4, 0.5) is 0 Å². The highest BCUT2D eigenvalue weighted by Gasteiger charge is 2.28. The van der Waals surface area contributed by atoms with E-state index in [1.807, 2.05) is 19.1 Å². The SMILES string of the molecule is CCCc1ccc(C(=O)CN2CCC(C)(O)CC2)cc1. The van der Waals surface area contributed by atoms with Gasteiger partial charge in [0.1, 0.15) is 0 Å². The quantitative estimate of drug-likeness (QED) is 0.840. The minimum absolute atomic E-state index is 0.176. The number of Topliss-reactive ketones (excluding diaryl/α,β-unsaturated/α-hetero) is 1. The Hall–Kier alpha value is -1.19. The van der Waals surface area contributed by atoms with E-state index in [9.17, 15) is 9.90 Å². The maximum absolute atomic E-state index is 12.2. The predicted octanol–water partition coefficient (Wildman–Crippen LogP) is 2.67. The highest BCUT2D eigenvalue weighted by atomic mass is 16.3. The first-order valence-corrected chi connectivity index (χ1v) is 7.57. The standard InChI is InChI=1S/C17H25NO2/c1-3-4-14-5-7-15(8-6-14)16(19)13-18-11-9-17(2,20)10-12-18/h5-8,20H,3-4,9-13H2,1-2H3. The molecule has 1 saturated heterocycles. The summed E-state index contributed by atoms with van der Waals surface area (Å²) in [5, 5.41) is 9.91. The average Bonchev–Trinajstić information content (AvgIpc) is 2.42. The molecule has 3 nitrogen and oxygen atoms in total. The number of piperidine rings is 1. The van der Waals surface area contributed by atoms with E-state index in [4.69, 9.17) is 0 Å². The Bertz CT molecular complexity index is 441. The second kappa shape index (κ2) is 6.51. The highest BCUT2D eigenvalue weighted by molar-refractivity contribution is 5.97. The normalized spacial score (nSPS) is 18.9. The van der Waals surface area contributed by atoms with Crippen molar-refractivity contribution in [1.82, 2.24) is 4.90 Å². The van der Waals surface area contributed by atoms with Gasteiger partial charge in [0.25, 0.3) is 0 Å². The molecule has 1 aliphatic heterocycles. The average molecular weight is 275 g/mol. The summed E-state index contributed by atoms with van der Waals surface area (Å²) in [6, 6.07) is 7.98. The fourth-order valence-corrected chi connectivity index (χ4v) is 2.63. The van der Waals surface area contributed by atoms with Crippen molar-refractivity contribution in [2.45, 2.75) is 45.1 Å². The van der Waals surface area contributed by atoms with E-state index in [1.54, 1.807) is 0 Å². The summed E-state index contributed by atoms with van der Waals surface area (Å²) >= 11 is 0. The molecular weight excluding hydrogens is 250 g/mol. The van der Waals surface area contributed by atoms with Gasteiger partial charge < -0.3 is 5.11 Å². The Balaban J connectivity index is 1.88. The molecule has 0 amide bonds. The van der Waals surface area contributed by atoms with Crippen LogP contribution in [0.15, 0.2) is 24.3 Å². The molecule has 1 aliphatic rings. The number of hydrogen-bond acceptors (Lipinski definition) is 3. The van der Waals surface area contributed by atoms with Gasteiger partial charge in [-0.1, -0.05) is 37.6 Å². The van der Waals surface area contributed by atoms with Crippen LogP contribution in [0.5, 0.6) is 0 Å². The largest absolute Gasteiger partial charge is 0.390 e. The van der Waals surface area contributed by atoms with Gasteiger partial charge in [-0.05, 0) is 31.7 Å². The molecule has 0 unspecified atom stereocenters. The molecule has 0 radical (unpaired) electrons. The van der Waals surface area contributed by atoms with E-state index in [0.717, 1.165) is 44.3 Å². The number of ketones is 1. The highest BCUT2D eigenvalue weighted by Crippen LogP contribution is 2.21. The molecule has 1 aromatic rings. The van der Waals surface area contributed by atoms with Gasteiger partial charge in [-0.25, -0.2) is 0 Å². The summed E-state index contributed by atoms with van der Waals surface area (Å²) in [7, 11) is 0. The van der Waals surface area contributed by atoms with Crippen molar-refractivity contribution < 1.29 is 9.90 Å². The number of rotatable bonds is 5. The molecule has 1 aromatic carbocycles. The lowest BCUT2D eigenvalue weighted by Gasteiger charge is -2.35. The molecule has 0 saturated carbocycles. The molecule has 1 N–H and O–H groups in total. The third-order valence-electron chi connectivity index (χ3n) is 4.12. The van der Waals surface area contributed by atoms with E-state index < -0.39 is 5.60 Å². The van der Waals surface area contributed by atoms with Gasteiger partial charge in [0.05, 0.1) is 12.1 Å². The van der Waals surface area contributed by atoms with E-state index in [1.165, 1.54) is 5.56 Å².